The number of carbonyl (C=O) groups excluding carboxylic acids is 1. The molecule has 0 spiro atoms. The summed E-state index contributed by atoms with van der Waals surface area (Å²) in [5.41, 5.74) is 5.36. The molecular weight excluding hydrogens is 240 g/mol. The SMILES string of the molecule is NCCSCC(=O)n1nc2ccccn2c1=O. The van der Waals surface area contributed by atoms with Crippen LogP contribution in [-0.2, 0) is 0 Å². The molecule has 0 bridgehead atoms. The van der Waals surface area contributed by atoms with E-state index >= 15 is 0 Å². The van der Waals surface area contributed by atoms with Crippen LogP contribution in [0.4, 0.5) is 0 Å². The van der Waals surface area contributed by atoms with Crippen LogP contribution in [0.3, 0.4) is 0 Å². The van der Waals surface area contributed by atoms with E-state index in [-0.39, 0.29) is 11.7 Å². The zero-order chi connectivity index (χ0) is 12.3. The number of rotatable bonds is 4. The Kier molecular flexibility index (Phi) is 3.60. The Labute approximate surface area is 101 Å². The lowest BCUT2D eigenvalue weighted by Crippen LogP contribution is -2.28. The van der Waals surface area contributed by atoms with Crippen LogP contribution in [0.1, 0.15) is 4.79 Å². The molecule has 90 valence electrons. The van der Waals surface area contributed by atoms with Gasteiger partial charge in [-0.15, -0.1) is 9.78 Å². The van der Waals surface area contributed by atoms with Gasteiger partial charge in [0.25, 0.3) is 5.91 Å². The quantitative estimate of drug-likeness (QED) is 0.764. The lowest BCUT2D eigenvalue weighted by molar-refractivity contribution is 0.0922. The van der Waals surface area contributed by atoms with Crippen LogP contribution in [0.5, 0.6) is 0 Å². The second-order valence-electron chi connectivity index (χ2n) is 3.36. The monoisotopic (exact) mass is 252 g/mol. The minimum atomic E-state index is -0.432. The van der Waals surface area contributed by atoms with Crippen molar-refractivity contribution in [3.63, 3.8) is 0 Å². The predicted molar refractivity (Wildman–Crippen MR) is 66.5 cm³/mol. The molecular formula is C10H12N4O2S. The molecule has 2 rings (SSSR count). The molecule has 2 aromatic heterocycles. The summed E-state index contributed by atoms with van der Waals surface area (Å²) in [5.74, 6) is 0.576. The average Bonchev–Trinajstić information content (AvgIpc) is 2.68. The van der Waals surface area contributed by atoms with Gasteiger partial charge in [-0.3, -0.25) is 4.79 Å². The van der Waals surface area contributed by atoms with Gasteiger partial charge in [-0.25, -0.2) is 9.20 Å². The number of hydrogen-bond donors (Lipinski definition) is 1. The summed E-state index contributed by atoms with van der Waals surface area (Å²) in [5, 5.41) is 3.96. The maximum absolute atomic E-state index is 11.8. The Morgan fingerprint density at radius 2 is 2.29 bits per heavy atom. The maximum Gasteiger partial charge on any atom is 0.357 e. The van der Waals surface area contributed by atoms with Crippen molar-refractivity contribution in [3.8, 4) is 0 Å². The van der Waals surface area contributed by atoms with E-state index in [2.05, 4.69) is 5.10 Å². The fraction of sp³-hybridized carbons (Fsp3) is 0.300. The number of nitrogens with two attached hydrogens (primary N) is 1. The number of fused-ring (bicyclic) bond motifs is 1. The first-order chi connectivity index (χ1) is 8.24. The summed E-state index contributed by atoms with van der Waals surface area (Å²) >= 11 is 1.39. The predicted octanol–water partition coefficient (Wildman–Crippen LogP) is -0.172. The van der Waals surface area contributed by atoms with Crippen LogP contribution in [0.15, 0.2) is 29.2 Å². The third kappa shape index (κ3) is 2.40. The first-order valence-electron chi connectivity index (χ1n) is 5.11. The molecule has 0 aliphatic rings. The number of carbonyl (C=O) groups is 1. The molecule has 0 aliphatic carbocycles. The van der Waals surface area contributed by atoms with Crippen molar-refractivity contribution in [2.45, 2.75) is 0 Å². The fourth-order valence-electron chi connectivity index (χ4n) is 1.39. The second-order valence-corrected chi connectivity index (χ2v) is 4.46. The summed E-state index contributed by atoms with van der Waals surface area (Å²) < 4.78 is 2.24. The Morgan fingerprint density at radius 3 is 3.00 bits per heavy atom. The molecule has 0 saturated heterocycles. The molecule has 0 atom stereocenters. The van der Waals surface area contributed by atoms with Gasteiger partial charge in [0.15, 0.2) is 5.65 Å². The number of aromatic nitrogens is 3. The number of nitrogens with zero attached hydrogens (tertiary/aromatic N) is 3. The maximum atomic E-state index is 11.8. The van der Waals surface area contributed by atoms with Crippen LogP contribution < -0.4 is 11.4 Å². The average molecular weight is 252 g/mol. The lowest BCUT2D eigenvalue weighted by atomic mass is 10.5. The molecule has 0 unspecified atom stereocenters. The van der Waals surface area contributed by atoms with Crippen molar-refractivity contribution in [1.82, 2.24) is 14.2 Å². The van der Waals surface area contributed by atoms with Crippen LogP contribution in [0.2, 0.25) is 0 Å². The third-order valence-electron chi connectivity index (χ3n) is 2.15. The molecule has 0 radical (unpaired) electrons. The Hall–Kier alpha value is -1.60. The van der Waals surface area contributed by atoms with E-state index < -0.39 is 5.69 Å². The normalized spacial score (nSPS) is 10.9. The molecule has 2 aromatic rings. The van der Waals surface area contributed by atoms with E-state index in [9.17, 15) is 9.59 Å². The molecule has 6 nitrogen and oxygen atoms in total. The van der Waals surface area contributed by atoms with Crippen molar-refractivity contribution in [3.05, 3.63) is 34.9 Å². The third-order valence-corrected chi connectivity index (χ3v) is 3.13. The van der Waals surface area contributed by atoms with E-state index in [4.69, 9.17) is 5.73 Å². The first kappa shape index (κ1) is 11.9. The van der Waals surface area contributed by atoms with E-state index in [1.54, 1.807) is 24.4 Å². The van der Waals surface area contributed by atoms with Gasteiger partial charge in [0.2, 0.25) is 0 Å². The van der Waals surface area contributed by atoms with E-state index in [0.717, 1.165) is 4.68 Å². The highest BCUT2D eigenvalue weighted by atomic mass is 32.2. The van der Waals surface area contributed by atoms with Crippen molar-refractivity contribution >= 4 is 23.3 Å². The summed E-state index contributed by atoms with van der Waals surface area (Å²) in [6, 6.07) is 5.16. The van der Waals surface area contributed by atoms with E-state index in [1.165, 1.54) is 16.2 Å². The minimum Gasteiger partial charge on any atom is -0.330 e. The summed E-state index contributed by atoms with van der Waals surface area (Å²) in [7, 11) is 0. The summed E-state index contributed by atoms with van der Waals surface area (Å²) in [6.07, 6.45) is 1.58. The molecule has 0 saturated carbocycles. The Morgan fingerprint density at radius 1 is 1.47 bits per heavy atom. The van der Waals surface area contributed by atoms with Gasteiger partial charge in [-0.1, -0.05) is 6.07 Å². The zero-order valence-corrected chi connectivity index (χ0v) is 9.89. The van der Waals surface area contributed by atoms with Gasteiger partial charge in [-0.05, 0) is 12.1 Å². The Bertz CT molecular complexity index is 589. The molecule has 7 heteroatoms. The highest BCUT2D eigenvalue weighted by Gasteiger charge is 2.12. The molecule has 0 aromatic carbocycles. The summed E-state index contributed by atoms with van der Waals surface area (Å²) in [6.45, 7) is 0.512. The highest BCUT2D eigenvalue weighted by molar-refractivity contribution is 7.99. The molecule has 0 amide bonds. The summed E-state index contributed by atoms with van der Waals surface area (Å²) in [4.78, 5) is 23.5. The van der Waals surface area contributed by atoms with Gasteiger partial charge in [0.05, 0.1) is 5.75 Å². The number of pyridine rings is 1. The highest BCUT2D eigenvalue weighted by Crippen LogP contribution is 2.00. The van der Waals surface area contributed by atoms with Crippen molar-refractivity contribution < 1.29 is 4.79 Å². The first-order valence-corrected chi connectivity index (χ1v) is 6.27. The van der Waals surface area contributed by atoms with Crippen molar-refractivity contribution in [2.75, 3.05) is 18.1 Å². The van der Waals surface area contributed by atoms with Crippen LogP contribution in [-0.4, -0.2) is 38.1 Å². The molecule has 2 N–H and O–H groups in total. The van der Waals surface area contributed by atoms with Crippen molar-refractivity contribution in [2.24, 2.45) is 5.73 Å². The van der Waals surface area contributed by atoms with Gasteiger partial charge in [0, 0.05) is 18.5 Å². The van der Waals surface area contributed by atoms with Gasteiger partial charge in [-0.2, -0.15) is 11.8 Å². The number of thioether (sulfide) groups is 1. The van der Waals surface area contributed by atoms with Crippen LogP contribution in [0, 0.1) is 0 Å². The van der Waals surface area contributed by atoms with Crippen LogP contribution >= 0.6 is 11.8 Å². The Balaban J connectivity index is 2.27. The minimum absolute atomic E-state index is 0.209. The van der Waals surface area contributed by atoms with Crippen molar-refractivity contribution in [1.29, 1.82) is 0 Å². The topological polar surface area (TPSA) is 82.4 Å². The molecule has 0 fully saturated rings. The standard InChI is InChI=1S/C10H12N4O2S/c11-4-6-17-7-9(15)14-10(16)13-5-2-1-3-8(13)12-14/h1-3,5H,4,6-7,11H2. The van der Waals surface area contributed by atoms with Gasteiger partial charge < -0.3 is 5.73 Å². The largest absolute Gasteiger partial charge is 0.357 e. The smallest absolute Gasteiger partial charge is 0.330 e. The second kappa shape index (κ2) is 5.15. The van der Waals surface area contributed by atoms with E-state index in [0.29, 0.717) is 17.9 Å². The van der Waals surface area contributed by atoms with E-state index in [1.807, 2.05) is 0 Å². The van der Waals surface area contributed by atoms with Gasteiger partial charge >= 0.3 is 5.69 Å². The fourth-order valence-corrected chi connectivity index (χ4v) is 2.00. The number of hydrogen-bond acceptors (Lipinski definition) is 5. The molecule has 17 heavy (non-hydrogen) atoms. The lowest BCUT2D eigenvalue weighted by Gasteiger charge is -1.97. The molecule has 2 heterocycles. The van der Waals surface area contributed by atoms with Crippen LogP contribution in [0.25, 0.3) is 5.65 Å². The molecule has 0 aliphatic heterocycles. The van der Waals surface area contributed by atoms with Gasteiger partial charge in [0.1, 0.15) is 0 Å². The zero-order valence-electron chi connectivity index (χ0n) is 9.07.